The largest absolute Gasteiger partial charge is 0.508 e. The van der Waals surface area contributed by atoms with Gasteiger partial charge in [-0.2, -0.15) is 0 Å². The third-order valence-electron chi connectivity index (χ3n) is 6.97. The van der Waals surface area contributed by atoms with Crippen LogP contribution in [-0.2, 0) is 11.2 Å². The number of hydrogen-bond donors (Lipinski definition) is 1. The first kappa shape index (κ1) is 21.2. The maximum absolute atomic E-state index is 13.6. The Kier molecular flexibility index (Phi) is 4.74. The first-order valence-corrected chi connectivity index (χ1v) is 11.5. The van der Waals surface area contributed by atoms with Gasteiger partial charge in [0.25, 0.3) is 0 Å². The van der Waals surface area contributed by atoms with Crippen molar-refractivity contribution in [1.82, 2.24) is 0 Å². The molecule has 0 fully saturated rings. The fourth-order valence-corrected chi connectivity index (χ4v) is 5.37. The summed E-state index contributed by atoms with van der Waals surface area (Å²) in [4.78, 5) is 27.2. The van der Waals surface area contributed by atoms with Crippen LogP contribution in [0.25, 0.3) is 0 Å². The molecule has 0 amide bonds. The quantitative estimate of drug-likeness (QED) is 0.416. The zero-order valence-electron chi connectivity index (χ0n) is 18.8. The molecule has 0 saturated heterocycles. The van der Waals surface area contributed by atoms with Crippen molar-refractivity contribution in [3.8, 4) is 17.2 Å². The van der Waals surface area contributed by atoms with Crippen LogP contribution in [-0.4, -0.2) is 16.7 Å². The van der Waals surface area contributed by atoms with E-state index in [2.05, 4.69) is 0 Å². The van der Waals surface area contributed by atoms with E-state index < -0.39 is 11.2 Å². The summed E-state index contributed by atoms with van der Waals surface area (Å²) < 4.78 is 13.6. The molecule has 2 aliphatic heterocycles. The van der Waals surface area contributed by atoms with E-state index in [1.54, 1.807) is 60.7 Å². The van der Waals surface area contributed by atoms with E-state index in [-0.39, 0.29) is 30.2 Å². The van der Waals surface area contributed by atoms with Crippen LogP contribution in [0.3, 0.4) is 0 Å². The number of benzene rings is 4. The van der Waals surface area contributed by atoms with Crippen LogP contribution in [0.15, 0.2) is 103 Å². The summed E-state index contributed by atoms with van der Waals surface area (Å²) in [7, 11) is 0. The Balaban J connectivity index is 1.68. The normalized spacial score (nSPS) is 23.0. The Bertz CT molecular complexity index is 1460. The van der Waals surface area contributed by atoms with Gasteiger partial charge in [0.15, 0.2) is 22.8 Å². The smallest absolute Gasteiger partial charge is 0.185 e. The molecule has 6 rings (SSSR count). The first-order chi connectivity index (χ1) is 17.0. The molecule has 5 heteroatoms. The van der Waals surface area contributed by atoms with Crippen LogP contribution < -0.4 is 9.47 Å². The van der Waals surface area contributed by atoms with Crippen molar-refractivity contribution < 1.29 is 24.2 Å². The highest BCUT2D eigenvalue weighted by Gasteiger charge is 2.63. The molecule has 0 radical (unpaired) electrons. The summed E-state index contributed by atoms with van der Waals surface area (Å²) in [6.45, 7) is 0. The van der Waals surface area contributed by atoms with Gasteiger partial charge in [-0.15, -0.1) is 0 Å². The molecule has 0 saturated carbocycles. The molecule has 0 spiro atoms. The van der Waals surface area contributed by atoms with Crippen LogP contribution in [0.4, 0.5) is 0 Å². The minimum atomic E-state index is -1.43. The maximum atomic E-state index is 13.6. The van der Waals surface area contributed by atoms with Gasteiger partial charge in [0.05, 0.1) is 24.0 Å². The molecule has 172 valence electrons. The molecule has 0 bridgehead atoms. The van der Waals surface area contributed by atoms with E-state index in [4.69, 9.17) is 9.47 Å². The Labute approximate surface area is 202 Å². The summed E-state index contributed by atoms with van der Waals surface area (Å²) in [5.41, 5.74) is -0.574. The number of fused-ring (bicyclic) bond motifs is 2. The first-order valence-electron chi connectivity index (χ1n) is 11.5. The average molecular weight is 463 g/mol. The van der Waals surface area contributed by atoms with Crippen LogP contribution in [0.1, 0.15) is 44.7 Å². The highest BCUT2D eigenvalue weighted by atomic mass is 16.6. The second kappa shape index (κ2) is 7.84. The number of hydrogen-bond acceptors (Lipinski definition) is 5. The summed E-state index contributed by atoms with van der Waals surface area (Å²) in [6.07, 6.45) is -0.114. The number of ketones is 2. The third-order valence-corrected chi connectivity index (χ3v) is 6.97. The zero-order chi connectivity index (χ0) is 24.0. The van der Waals surface area contributed by atoms with Crippen molar-refractivity contribution in [3.05, 3.63) is 125 Å². The predicted molar refractivity (Wildman–Crippen MR) is 130 cm³/mol. The molecule has 2 atom stereocenters. The summed E-state index contributed by atoms with van der Waals surface area (Å²) in [6, 6.07) is 30.3. The standard InChI is InChI=1S/C30H22O5/c31-22-12-8-11-21(17-22)30(19-26(33)24-14-5-7-16-28(24)35-30)29(20-9-2-1-3-10-20)18-25(32)23-13-4-6-15-27(23)34-29/h1-17,31H,18-19H2. The highest BCUT2D eigenvalue weighted by Crippen LogP contribution is 2.56. The third kappa shape index (κ3) is 3.16. The molecular weight excluding hydrogens is 440 g/mol. The SMILES string of the molecule is O=C1CC(c2ccccc2)(C2(c3cccc(O)c3)CC(=O)c3ccccc3O2)Oc2ccccc21. The summed E-state index contributed by atoms with van der Waals surface area (Å²) >= 11 is 0. The molecule has 2 aliphatic rings. The molecule has 0 aromatic heterocycles. The van der Waals surface area contributed by atoms with E-state index in [0.29, 0.717) is 33.8 Å². The van der Waals surface area contributed by atoms with Crippen molar-refractivity contribution in [2.24, 2.45) is 0 Å². The van der Waals surface area contributed by atoms with Crippen molar-refractivity contribution in [1.29, 1.82) is 0 Å². The minimum Gasteiger partial charge on any atom is -0.508 e. The number of carbonyl (C=O) groups excluding carboxylic acids is 2. The van der Waals surface area contributed by atoms with Gasteiger partial charge < -0.3 is 14.6 Å². The second-order valence-corrected chi connectivity index (χ2v) is 8.97. The Hall–Kier alpha value is -4.38. The van der Waals surface area contributed by atoms with Gasteiger partial charge in [-0.3, -0.25) is 9.59 Å². The van der Waals surface area contributed by atoms with E-state index in [1.165, 1.54) is 0 Å². The topological polar surface area (TPSA) is 72.8 Å². The molecule has 2 heterocycles. The van der Waals surface area contributed by atoms with Crippen molar-refractivity contribution in [3.63, 3.8) is 0 Å². The number of rotatable bonds is 3. The van der Waals surface area contributed by atoms with E-state index >= 15 is 0 Å². The molecule has 2 unspecified atom stereocenters. The van der Waals surface area contributed by atoms with Gasteiger partial charge >= 0.3 is 0 Å². The second-order valence-electron chi connectivity index (χ2n) is 8.97. The monoisotopic (exact) mass is 462 g/mol. The van der Waals surface area contributed by atoms with E-state index in [9.17, 15) is 14.7 Å². The molecule has 5 nitrogen and oxygen atoms in total. The number of phenols is 1. The lowest BCUT2D eigenvalue weighted by atomic mass is 9.65. The average Bonchev–Trinajstić information content (AvgIpc) is 2.89. The number of Topliss-reactive ketones (excluding diaryl/α,β-unsaturated/α-hetero) is 2. The van der Waals surface area contributed by atoms with Gasteiger partial charge in [0, 0.05) is 11.1 Å². The lowest BCUT2D eigenvalue weighted by molar-refractivity contribution is -0.136. The summed E-state index contributed by atoms with van der Waals surface area (Å²) in [5, 5.41) is 10.4. The molecule has 4 aromatic carbocycles. The molecule has 0 aliphatic carbocycles. The molecule has 4 aromatic rings. The van der Waals surface area contributed by atoms with Gasteiger partial charge in [0.2, 0.25) is 0 Å². The van der Waals surface area contributed by atoms with Gasteiger partial charge in [0.1, 0.15) is 17.2 Å². The number of carbonyl (C=O) groups is 2. The highest BCUT2D eigenvalue weighted by molar-refractivity contribution is 6.02. The maximum Gasteiger partial charge on any atom is 0.185 e. The predicted octanol–water partition coefficient (Wildman–Crippen LogP) is 5.81. The number of phenolic OH excluding ortho intramolecular Hbond substituents is 1. The number of para-hydroxylation sites is 2. The van der Waals surface area contributed by atoms with Crippen molar-refractivity contribution in [2.45, 2.75) is 24.0 Å². The van der Waals surface area contributed by atoms with Crippen LogP contribution in [0.5, 0.6) is 17.2 Å². The Morgan fingerprint density at radius 3 is 1.63 bits per heavy atom. The van der Waals surface area contributed by atoms with Crippen molar-refractivity contribution in [2.75, 3.05) is 0 Å². The summed E-state index contributed by atoms with van der Waals surface area (Å²) in [5.74, 6) is 0.646. The van der Waals surface area contributed by atoms with Gasteiger partial charge in [-0.25, -0.2) is 0 Å². The van der Waals surface area contributed by atoms with Crippen LogP contribution >= 0.6 is 0 Å². The van der Waals surface area contributed by atoms with Crippen LogP contribution in [0, 0.1) is 0 Å². The number of ether oxygens (including phenoxy) is 2. The minimum absolute atomic E-state index is 0.0301. The lowest BCUT2D eigenvalue weighted by Crippen LogP contribution is -2.61. The van der Waals surface area contributed by atoms with E-state index in [1.807, 2.05) is 42.5 Å². The molecule has 1 N–H and O–H groups in total. The number of aromatic hydroxyl groups is 1. The Morgan fingerprint density at radius 2 is 1.06 bits per heavy atom. The fourth-order valence-electron chi connectivity index (χ4n) is 5.37. The Morgan fingerprint density at radius 1 is 0.571 bits per heavy atom. The molecule has 35 heavy (non-hydrogen) atoms. The van der Waals surface area contributed by atoms with E-state index in [0.717, 1.165) is 0 Å². The fraction of sp³-hybridized carbons (Fsp3) is 0.133. The van der Waals surface area contributed by atoms with Crippen LogP contribution in [0.2, 0.25) is 0 Å². The van der Waals surface area contributed by atoms with Crippen molar-refractivity contribution >= 4 is 11.6 Å². The van der Waals surface area contributed by atoms with Gasteiger partial charge in [-0.1, -0.05) is 66.7 Å². The lowest BCUT2D eigenvalue weighted by Gasteiger charge is -2.53. The zero-order valence-corrected chi connectivity index (χ0v) is 18.8. The molecular formula is C30H22O5. The van der Waals surface area contributed by atoms with Gasteiger partial charge in [-0.05, 0) is 36.4 Å².